The molecule has 3 atom stereocenters. The summed E-state index contributed by atoms with van der Waals surface area (Å²) >= 11 is 0. The van der Waals surface area contributed by atoms with E-state index in [1.165, 1.54) is 12.8 Å². The molecule has 2 N–H and O–H groups in total. The second-order valence-electron chi connectivity index (χ2n) is 5.01. The van der Waals surface area contributed by atoms with Gasteiger partial charge in [0.05, 0.1) is 12.0 Å². The molecule has 0 heterocycles. The van der Waals surface area contributed by atoms with Gasteiger partial charge in [-0.3, -0.25) is 0 Å². The highest BCUT2D eigenvalue weighted by Gasteiger charge is 2.23. The summed E-state index contributed by atoms with van der Waals surface area (Å²) in [7, 11) is 0. The Morgan fingerprint density at radius 3 is 2.88 bits per heavy atom. The van der Waals surface area contributed by atoms with Gasteiger partial charge in [0.2, 0.25) is 0 Å². The van der Waals surface area contributed by atoms with Gasteiger partial charge in [-0.1, -0.05) is 19.8 Å². The van der Waals surface area contributed by atoms with E-state index < -0.39 is 0 Å². The molecule has 0 saturated heterocycles. The van der Waals surface area contributed by atoms with E-state index in [2.05, 4.69) is 18.3 Å². The van der Waals surface area contributed by atoms with Gasteiger partial charge in [-0.05, 0) is 38.1 Å². The first-order valence-electron chi connectivity index (χ1n) is 6.51. The fourth-order valence-electron chi connectivity index (χ4n) is 2.36. The molecular formula is C13H24N2O. The highest BCUT2D eigenvalue weighted by atomic mass is 16.3. The summed E-state index contributed by atoms with van der Waals surface area (Å²) in [5.41, 5.74) is 0. The van der Waals surface area contributed by atoms with Crippen molar-refractivity contribution in [3.63, 3.8) is 0 Å². The highest BCUT2D eigenvalue weighted by Crippen LogP contribution is 2.23. The van der Waals surface area contributed by atoms with E-state index in [9.17, 15) is 0 Å². The van der Waals surface area contributed by atoms with Crippen LogP contribution in [0, 0.1) is 23.2 Å². The number of hydrogen-bond donors (Lipinski definition) is 2. The summed E-state index contributed by atoms with van der Waals surface area (Å²) in [6.07, 6.45) is 6.82. The van der Waals surface area contributed by atoms with Gasteiger partial charge < -0.3 is 10.4 Å². The smallest absolute Gasteiger partial charge is 0.0672 e. The fraction of sp³-hybridized carbons (Fsp3) is 0.923. The normalized spacial score (nSPS) is 27.3. The Morgan fingerprint density at radius 2 is 2.19 bits per heavy atom. The Morgan fingerprint density at radius 1 is 1.44 bits per heavy atom. The zero-order valence-electron chi connectivity index (χ0n) is 10.3. The van der Waals surface area contributed by atoms with E-state index in [-0.39, 0.29) is 12.5 Å². The van der Waals surface area contributed by atoms with Crippen LogP contribution >= 0.6 is 0 Å². The minimum absolute atomic E-state index is 0.212. The summed E-state index contributed by atoms with van der Waals surface area (Å²) in [5.74, 6) is 0.615. The van der Waals surface area contributed by atoms with Gasteiger partial charge in [-0.25, -0.2) is 0 Å². The van der Waals surface area contributed by atoms with Crippen LogP contribution in [-0.2, 0) is 0 Å². The van der Waals surface area contributed by atoms with Crippen molar-refractivity contribution in [3.8, 4) is 6.07 Å². The Kier molecular flexibility index (Phi) is 6.44. The predicted molar refractivity (Wildman–Crippen MR) is 64.8 cm³/mol. The van der Waals surface area contributed by atoms with Crippen LogP contribution < -0.4 is 5.32 Å². The molecular weight excluding hydrogens is 200 g/mol. The van der Waals surface area contributed by atoms with Crippen LogP contribution in [-0.4, -0.2) is 24.3 Å². The molecule has 3 nitrogen and oxygen atoms in total. The number of aliphatic hydroxyl groups excluding tert-OH is 1. The van der Waals surface area contributed by atoms with Crippen LogP contribution in [0.1, 0.15) is 45.4 Å². The third kappa shape index (κ3) is 4.51. The molecule has 0 aromatic heterocycles. The number of nitrogens with zero attached hydrogens (tertiary/aromatic N) is 1. The molecule has 0 radical (unpaired) electrons. The predicted octanol–water partition coefficient (Wildman–Crippen LogP) is 2.07. The monoisotopic (exact) mass is 224 g/mol. The lowest BCUT2D eigenvalue weighted by atomic mass is 9.85. The van der Waals surface area contributed by atoms with Crippen LogP contribution in [0.25, 0.3) is 0 Å². The van der Waals surface area contributed by atoms with E-state index in [0.29, 0.717) is 12.0 Å². The molecule has 1 saturated carbocycles. The summed E-state index contributed by atoms with van der Waals surface area (Å²) < 4.78 is 0. The summed E-state index contributed by atoms with van der Waals surface area (Å²) in [6, 6.07) is 2.82. The quantitative estimate of drug-likeness (QED) is 0.679. The molecule has 3 heteroatoms. The number of rotatable bonds is 6. The van der Waals surface area contributed by atoms with Crippen molar-refractivity contribution in [1.29, 1.82) is 5.26 Å². The molecule has 0 bridgehead atoms. The van der Waals surface area contributed by atoms with Crippen molar-refractivity contribution in [2.75, 3.05) is 13.2 Å². The Hall–Kier alpha value is -0.590. The maximum absolute atomic E-state index is 9.02. The summed E-state index contributed by atoms with van der Waals surface area (Å²) in [6.45, 7) is 3.33. The summed E-state index contributed by atoms with van der Waals surface area (Å²) in [4.78, 5) is 0. The summed E-state index contributed by atoms with van der Waals surface area (Å²) in [5, 5.41) is 21.4. The van der Waals surface area contributed by atoms with E-state index in [1.807, 2.05) is 0 Å². The van der Waals surface area contributed by atoms with Gasteiger partial charge in [-0.15, -0.1) is 0 Å². The Labute approximate surface area is 98.8 Å². The third-order valence-corrected chi connectivity index (χ3v) is 3.52. The molecule has 0 aromatic carbocycles. The molecule has 3 unspecified atom stereocenters. The number of hydrogen-bond acceptors (Lipinski definition) is 3. The molecule has 0 spiro atoms. The number of nitriles is 1. The van der Waals surface area contributed by atoms with Crippen LogP contribution in [0.2, 0.25) is 0 Å². The molecule has 0 amide bonds. The minimum atomic E-state index is 0.212. The standard InChI is InChI=1S/C13H24N2O/c1-11(10-16)5-4-8-15-13-7-3-2-6-12(13)9-14/h11-13,15-16H,2-8,10H2,1H3. The van der Waals surface area contributed by atoms with Gasteiger partial charge in [-0.2, -0.15) is 5.26 Å². The van der Waals surface area contributed by atoms with Gasteiger partial charge in [0, 0.05) is 12.6 Å². The minimum Gasteiger partial charge on any atom is -0.396 e. The van der Waals surface area contributed by atoms with Crippen molar-refractivity contribution in [2.45, 2.75) is 51.5 Å². The third-order valence-electron chi connectivity index (χ3n) is 3.52. The zero-order chi connectivity index (χ0) is 11.8. The van der Waals surface area contributed by atoms with E-state index >= 15 is 0 Å². The van der Waals surface area contributed by atoms with E-state index in [1.54, 1.807) is 0 Å². The average Bonchev–Trinajstić information content (AvgIpc) is 2.34. The van der Waals surface area contributed by atoms with Gasteiger partial charge in [0.25, 0.3) is 0 Å². The lowest BCUT2D eigenvalue weighted by molar-refractivity contribution is 0.226. The molecule has 1 aliphatic carbocycles. The van der Waals surface area contributed by atoms with Gasteiger partial charge in [0.1, 0.15) is 0 Å². The molecule has 0 aliphatic heterocycles. The maximum atomic E-state index is 9.02. The molecule has 16 heavy (non-hydrogen) atoms. The van der Waals surface area contributed by atoms with Crippen LogP contribution in [0.3, 0.4) is 0 Å². The van der Waals surface area contributed by atoms with Crippen molar-refractivity contribution < 1.29 is 5.11 Å². The van der Waals surface area contributed by atoms with E-state index in [0.717, 1.165) is 32.2 Å². The first-order chi connectivity index (χ1) is 7.77. The topological polar surface area (TPSA) is 56.0 Å². The Balaban J connectivity index is 2.13. The first kappa shape index (κ1) is 13.5. The average molecular weight is 224 g/mol. The fourth-order valence-corrected chi connectivity index (χ4v) is 2.36. The van der Waals surface area contributed by atoms with Crippen LogP contribution in [0.5, 0.6) is 0 Å². The molecule has 92 valence electrons. The lowest BCUT2D eigenvalue weighted by Gasteiger charge is -2.27. The van der Waals surface area contributed by atoms with E-state index in [4.69, 9.17) is 10.4 Å². The second kappa shape index (κ2) is 7.65. The van der Waals surface area contributed by atoms with Gasteiger partial charge in [0.15, 0.2) is 0 Å². The van der Waals surface area contributed by atoms with Crippen molar-refractivity contribution in [1.82, 2.24) is 5.32 Å². The van der Waals surface area contributed by atoms with Crippen molar-refractivity contribution in [2.24, 2.45) is 11.8 Å². The molecule has 1 aliphatic rings. The second-order valence-corrected chi connectivity index (χ2v) is 5.01. The highest BCUT2D eigenvalue weighted by molar-refractivity contribution is 4.94. The van der Waals surface area contributed by atoms with Crippen LogP contribution in [0.15, 0.2) is 0 Å². The number of aliphatic hydroxyl groups is 1. The number of nitrogens with one attached hydrogen (secondary N) is 1. The zero-order valence-corrected chi connectivity index (χ0v) is 10.3. The maximum Gasteiger partial charge on any atom is 0.0672 e. The van der Waals surface area contributed by atoms with Crippen molar-refractivity contribution in [3.05, 3.63) is 0 Å². The largest absolute Gasteiger partial charge is 0.396 e. The van der Waals surface area contributed by atoms with Gasteiger partial charge >= 0.3 is 0 Å². The molecule has 0 aromatic rings. The lowest BCUT2D eigenvalue weighted by Crippen LogP contribution is -2.38. The Bertz CT molecular complexity index is 224. The molecule has 1 rings (SSSR count). The van der Waals surface area contributed by atoms with Crippen molar-refractivity contribution >= 4 is 0 Å². The van der Waals surface area contributed by atoms with Crippen LogP contribution in [0.4, 0.5) is 0 Å². The SMILES string of the molecule is CC(CO)CCCNC1CCCCC1C#N. The first-order valence-corrected chi connectivity index (χ1v) is 6.51. The molecule has 1 fully saturated rings.